The minimum Gasteiger partial charge on any atom is -0.352 e. The van der Waals surface area contributed by atoms with Crippen molar-refractivity contribution >= 4 is 5.91 Å². The molecule has 0 aliphatic rings. The number of aromatic nitrogens is 2. The van der Waals surface area contributed by atoms with Crippen molar-refractivity contribution in [2.75, 3.05) is 0 Å². The molecule has 1 amide bonds. The van der Waals surface area contributed by atoms with Crippen LogP contribution in [-0.2, 0) is 11.3 Å². The van der Waals surface area contributed by atoms with Gasteiger partial charge in [0.1, 0.15) is 6.54 Å². The van der Waals surface area contributed by atoms with Crippen LogP contribution in [0.15, 0.2) is 6.20 Å². The van der Waals surface area contributed by atoms with Gasteiger partial charge in [-0.2, -0.15) is 5.10 Å². The van der Waals surface area contributed by atoms with Crippen molar-refractivity contribution in [1.82, 2.24) is 15.1 Å². The third-order valence-corrected chi connectivity index (χ3v) is 2.36. The molecule has 0 radical (unpaired) electrons. The molecule has 0 spiro atoms. The van der Waals surface area contributed by atoms with Crippen molar-refractivity contribution in [3.8, 4) is 0 Å². The number of carbonyl (C=O) groups excluding carboxylic acids is 1. The van der Waals surface area contributed by atoms with Crippen molar-refractivity contribution in [3.63, 3.8) is 0 Å². The van der Waals surface area contributed by atoms with E-state index in [1.54, 1.807) is 4.68 Å². The zero-order chi connectivity index (χ0) is 12.3. The number of hydrogen-bond acceptors (Lipinski definition) is 2. The molecule has 1 aromatic heterocycles. The summed E-state index contributed by atoms with van der Waals surface area (Å²) in [7, 11) is 0. The largest absolute Gasteiger partial charge is 0.352 e. The van der Waals surface area contributed by atoms with Crippen molar-refractivity contribution < 1.29 is 4.79 Å². The second-order valence-corrected chi connectivity index (χ2v) is 4.74. The van der Waals surface area contributed by atoms with Gasteiger partial charge in [0, 0.05) is 12.2 Å². The number of nitrogens with one attached hydrogen (secondary N) is 1. The maximum absolute atomic E-state index is 11.5. The van der Waals surface area contributed by atoms with Crippen LogP contribution in [0.2, 0.25) is 0 Å². The van der Waals surface area contributed by atoms with E-state index in [4.69, 9.17) is 0 Å². The van der Waals surface area contributed by atoms with Crippen LogP contribution in [0.3, 0.4) is 0 Å². The fourth-order valence-corrected chi connectivity index (χ4v) is 1.70. The van der Waals surface area contributed by atoms with Crippen molar-refractivity contribution in [3.05, 3.63) is 17.5 Å². The highest BCUT2D eigenvalue weighted by molar-refractivity contribution is 5.75. The van der Waals surface area contributed by atoms with Crippen LogP contribution in [-0.4, -0.2) is 21.7 Å². The Morgan fingerprint density at radius 3 is 2.50 bits per heavy atom. The van der Waals surface area contributed by atoms with Gasteiger partial charge in [0.2, 0.25) is 5.91 Å². The maximum Gasteiger partial charge on any atom is 0.241 e. The van der Waals surface area contributed by atoms with E-state index in [0.717, 1.165) is 5.69 Å². The molecule has 0 bridgehead atoms. The van der Waals surface area contributed by atoms with Gasteiger partial charge in [0.25, 0.3) is 0 Å². The van der Waals surface area contributed by atoms with E-state index < -0.39 is 0 Å². The van der Waals surface area contributed by atoms with Gasteiger partial charge in [-0.1, -0.05) is 13.8 Å². The monoisotopic (exact) mass is 223 g/mol. The molecular weight excluding hydrogens is 202 g/mol. The van der Waals surface area contributed by atoms with E-state index in [9.17, 15) is 4.79 Å². The van der Waals surface area contributed by atoms with Crippen LogP contribution in [0.5, 0.6) is 0 Å². The van der Waals surface area contributed by atoms with Crippen LogP contribution in [0.1, 0.15) is 44.9 Å². The Bertz CT molecular complexity index is 366. The lowest BCUT2D eigenvalue weighted by atomic mass is 10.1. The molecule has 1 N–H and O–H groups in total. The molecule has 1 aromatic rings. The fourth-order valence-electron chi connectivity index (χ4n) is 1.70. The lowest BCUT2D eigenvalue weighted by molar-refractivity contribution is -0.122. The van der Waals surface area contributed by atoms with E-state index in [1.807, 2.05) is 27.0 Å². The number of aryl methyl sites for hydroxylation is 1. The van der Waals surface area contributed by atoms with Crippen LogP contribution in [0.25, 0.3) is 0 Å². The van der Waals surface area contributed by atoms with Crippen LogP contribution in [0.4, 0.5) is 0 Å². The first kappa shape index (κ1) is 12.7. The normalized spacial score (nSPS) is 11.2. The highest BCUT2D eigenvalue weighted by atomic mass is 16.2. The molecular formula is C12H21N3O. The van der Waals surface area contributed by atoms with E-state index in [1.165, 1.54) is 5.56 Å². The lowest BCUT2D eigenvalue weighted by Gasteiger charge is -2.07. The average Bonchev–Trinajstić information content (AvgIpc) is 2.44. The van der Waals surface area contributed by atoms with Crippen LogP contribution in [0, 0.1) is 6.92 Å². The summed E-state index contributed by atoms with van der Waals surface area (Å²) in [5.41, 5.74) is 2.21. The van der Waals surface area contributed by atoms with E-state index in [0.29, 0.717) is 12.5 Å². The molecule has 1 rings (SSSR count). The summed E-state index contributed by atoms with van der Waals surface area (Å²) in [4.78, 5) is 11.5. The number of carbonyl (C=O) groups is 1. The molecule has 90 valence electrons. The predicted molar refractivity (Wildman–Crippen MR) is 64.3 cm³/mol. The lowest BCUT2D eigenvalue weighted by Crippen LogP contribution is -2.33. The summed E-state index contributed by atoms with van der Waals surface area (Å²) in [5.74, 6) is 0.453. The standard InChI is InChI=1S/C12H21N3O/c1-8(2)11-6-15(14-10(11)5)7-12(16)13-9(3)4/h6,8-9H,7H2,1-5H3,(H,13,16). The predicted octanol–water partition coefficient (Wildman–Crippen LogP) is 1.84. The first-order valence-corrected chi connectivity index (χ1v) is 5.73. The van der Waals surface area contributed by atoms with Gasteiger partial charge in [-0.05, 0) is 32.3 Å². The SMILES string of the molecule is Cc1nn(CC(=O)NC(C)C)cc1C(C)C. The Hall–Kier alpha value is -1.32. The third kappa shape index (κ3) is 3.36. The highest BCUT2D eigenvalue weighted by Crippen LogP contribution is 2.17. The molecule has 0 fully saturated rings. The van der Waals surface area contributed by atoms with Crippen LogP contribution < -0.4 is 5.32 Å². The summed E-state index contributed by atoms with van der Waals surface area (Å²) < 4.78 is 1.71. The summed E-state index contributed by atoms with van der Waals surface area (Å²) in [6.45, 7) is 10.4. The Kier molecular flexibility index (Phi) is 4.10. The van der Waals surface area contributed by atoms with Gasteiger partial charge in [-0.3, -0.25) is 9.48 Å². The van der Waals surface area contributed by atoms with Gasteiger partial charge in [0.15, 0.2) is 0 Å². The maximum atomic E-state index is 11.5. The van der Waals surface area contributed by atoms with Crippen molar-refractivity contribution in [2.24, 2.45) is 0 Å². The van der Waals surface area contributed by atoms with Gasteiger partial charge in [-0.25, -0.2) is 0 Å². The Labute approximate surface area is 97.0 Å². The van der Waals surface area contributed by atoms with Crippen molar-refractivity contribution in [2.45, 2.75) is 53.1 Å². The van der Waals surface area contributed by atoms with E-state index in [2.05, 4.69) is 24.3 Å². The Morgan fingerprint density at radius 2 is 2.06 bits per heavy atom. The number of amides is 1. The third-order valence-electron chi connectivity index (χ3n) is 2.36. The Balaban J connectivity index is 2.68. The molecule has 0 atom stereocenters. The molecule has 1 heterocycles. The highest BCUT2D eigenvalue weighted by Gasteiger charge is 2.10. The number of hydrogen-bond donors (Lipinski definition) is 1. The fraction of sp³-hybridized carbons (Fsp3) is 0.667. The van der Waals surface area contributed by atoms with Crippen molar-refractivity contribution in [1.29, 1.82) is 0 Å². The smallest absolute Gasteiger partial charge is 0.241 e. The molecule has 0 aliphatic carbocycles. The molecule has 0 saturated carbocycles. The minimum absolute atomic E-state index is 0.00723. The first-order valence-electron chi connectivity index (χ1n) is 5.73. The molecule has 0 unspecified atom stereocenters. The number of nitrogens with zero attached hydrogens (tertiary/aromatic N) is 2. The van der Waals surface area contributed by atoms with Crippen LogP contribution >= 0.6 is 0 Å². The molecule has 4 nitrogen and oxygen atoms in total. The quantitative estimate of drug-likeness (QED) is 0.846. The summed E-state index contributed by atoms with van der Waals surface area (Å²) in [6, 6.07) is 0.175. The summed E-state index contributed by atoms with van der Waals surface area (Å²) >= 11 is 0. The molecule has 0 aromatic carbocycles. The van der Waals surface area contributed by atoms with E-state index in [-0.39, 0.29) is 11.9 Å². The molecule has 16 heavy (non-hydrogen) atoms. The van der Waals surface area contributed by atoms with Gasteiger partial charge >= 0.3 is 0 Å². The van der Waals surface area contributed by atoms with E-state index >= 15 is 0 Å². The second kappa shape index (κ2) is 5.14. The molecule has 4 heteroatoms. The molecule has 0 aliphatic heterocycles. The topological polar surface area (TPSA) is 46.9 Å². The zero-order valence-corrected chi connectivity index (χ0v) is 10.7. The minimum atomic E-state index is 0.00723. The average molecular weight is 223 g/mol. The first-order chi connectivity index (χ1) is 7.40. The second-order valence-electron chi connectivity index (χ2n) is 4.74. The summed E-state index contributed by atoms with van der Waals surface area (Å²) in [6.07, 6.45) is 1.96. The van der Waals surface area contributed by atoms with Gasteiger partial charge in [0.05, 0.1) is 5.69 Å². The molecule has 0 saturated heterocycles. The van der Waals surface area contributed by atoms with Gasteiger partial charge < -0.3 is 5.32 Å². The zero-order valence-electron chi connectivity index (χ0n) is 10.7. The van der Waals surface area contributed by atoms with Gasteiger partial charge in [-0.15, -0.1) is 0 Å². The number of rotatable bonds is 4. The Morgan fingerprint density at radius 1 is 1.44 bits per heavy atom. The summed E-state index contributed by atoms with van der Waals surface area (Å²) in [5, 5.41) is 7.18.